The van der Waals surface area contributed by atoms with E-state index in [0.29, 0.717) is 12.3 Å². The molecule has 3 atom stereocenters. The van der Waals surface area contributed by atoms with Gasteiger partial charge in [-0.25, -0.2) is 0 Å². The number of aryl methyl sites for hydroxylation is 1. The number of amides is 2. The molecule has 5 nitrogen and oxygen atoms in total. The molecule has 0 aliphatic carbocycles. The Kier molecular flexibility index (Phi) is 6.30. The molecule has 0 radical (unpaired) electrons. The van der Waals surface area contributed by atoms with Crippen LogP contribution in [0.3, 0.4) is 0 Å². The first kappa shape index (κ1) is 24.5. The van der Waals surface area contributed by atoms with Crippen LogP contribution in [0.4, 0.5) is 0 Å². The summed E-state index contributed by atoms with van der Waals surface area (Å²) >= 11 is 0. The Hall–Kier alpha value is -3.86. The predicted octanol–water partition coefficient (Wildman–Crippen LogP) is 6.00. The summed E-state index contributed by atoms with van der Waals surface area (Å²) in [6.07, 6.45) is 2.24. The van der Waals surface area contributed by atoms with Gasteiger partial charge in [0.25, 0.3) is 0 Å². The standard InChI is InChI=1S/C33H35N3O2/c1-21(2)24-15-17-25(18-16-24)32-31-27(26-11-7-8-12-28(26)34-31)19-29-33(38)35(20-30(37)36(29)32)22(3)13-14-23-9-5-4-6-10-23/h4-12,15-18,21-22,29,32,34H,13-14,19-20H2,1-3H3/t22?,29-,32?/m0/s1. The van der Waals surface area contributed by atoms with Crippen LogP contribution in [0.1, 0.15) is 67.1 Å². The molecule has 0 bridgehead atoms. The Morgan fingerprint density at radius 2 is 1.61 bits per heavy atom. The van der Waals surface area contributed by atoms with E-state index in [4.69, 9.17) is 0 Å². The van der Waals surface area contributed by atoms with E-state index >= 15 is 0 Å². The fraction of sp³-hybridized carbons (Fsp3) is 0.333. The third kappa shape index (κ3) is 4.20. The van der Waals surface area contributed by atoms with Gasteiger partial charge >= 0.3 is 0 Å². The highest BCUT2D eigenvalue weighted by molar-refractivity contribution is 5.97. The fourth-order valence-electron chi connectivity index (χ4n) is 6.25. The lowest BCUT2D eigenvalue weighted by molar-refractivity contribution is -0.160. The zero-order valence-corrected chi connectivity index (χ0v) is 22.4. The second-order valence-electron chi connectivity index (χ2n) is 11.1. The van der Waals surface area contributed by atoms with Gasteiger partial charge in [-0.2, -0.15) is 0 Å². The third-order valence-electron chi connectivity index (χ3n) is 8.44. The van der Waals surface area contributed by atoms with Crippen LogP contribution in [0.2, 0.25) is 0 Å². The molecule has 0 spiro atoms. The van der Waals surface area contributed by atoms with E-state index in [-0.39, 0.29) is 30.4 Å². The van der Waals surface area contributed by atoms with E-state index in [1.807, 2.05) is 40.1 Å². The van der Waals surface area contributed by atoms with Crippen molar-refractivity contribution in [1.82, 2.24) is 14.8 Å². The molecule has 1 aromatic heterocycles. The van der Waals surface area contributed by atoms with Crippen molar-refractivity contribution < 1.29 is 9.59 Å². The average molecular weight is 506 g/mol. The number of carbonyl (C=O) groups is 2. The number of rotatable bonds is 6. The summed E-state index contributed by atoms with van der Waals surface area (Å²) < 4.78 is 0. The summed E-state index contributed by atoms with van der Waals surface area (Å²) in [6, 6.07) is 26.3. The van der Waals surface area contributed by atoms with Crippen LogP contribution in [-0.4, -0.2) is 45.2 Å². The van der Waals surface area contributed by atoms with Gasteiger partial charge in [-0.15, -0.1) is 0 Å². The summed E-state index contributed by atoms with van der Waals surface area (Å²) in [6.45, 7) is 6.57. The van der Waals surface area contributed by atoms with E-state index in [0.717, 1.165) is 40.6 Å². The highest BCUT2D eigenvalue weighted by Crippen LogP contribution is 2.43. The van der Waals surface area contributed by atoms with Gasteiger partial charge in [0.15, 0.2) is 0 Å². The Labute approximate surface area is 224 Å². The highest BCUT2D eigenvalue weighted by Gasteiger charge is 2.48. The van der Waals surface area contributed by atoms with E-state index in [2.05, 4.69) is 74.3 Å². The Morgan fingerprint density at radius 3 is 2.34 bits per heavy atom. The molecule has 0 saturated carbocycles. The maximum absolute atomic E-state index is 14.1. The molecule has 2 amide bonds. The summed E-state index contributed by atoms with van der Waals surface area (Å²) in [4.78, 5) is 35.2. The number of para-hydroxylation sites is 1. The number of hydrogen-bond donors (Lipinski definition) is 1. The first-order chi connectivity index (χ1) is 18.4. The molecule has 1 fully saturated rings. The largest absolute Gasteiger partial charge is 0.356 e. The van der Waals surface area contributed by atoms with Crippen LogP contribution >= 0.6 is 0 Å². The third-order valence-corrected chi connectivity index (χ3v) is 8.44. The smallest absolute Gasteiger partial charge is 0.246 e. The number of nitrogens with zero attached hydrogens (tertiary/aromatic N) is 2. The topological polar surface area (TPSA) is 56.4 Å². The van der Waals surface area contributed by atoms with Gasteiger partial charge in [0.2, 0.25) is 11.8 Å². The first-order valence-electron chi connectivity index (χ1n) is 13.8. The molecule has 4 aromatic rings. The van der Waals surface area contributed by atoms with E-state index in [1.165, 1.54) is 11.1 Å². The molecule has 6 rings (SSSR count). The van der Waals surface area contributed by atoms with Crippen molar-refractivity contribution in [2.75, 3.05) is 6.54 Å². The molecular weight excluding hydrogens is 470 g/mol. The highest BCUT2D eigenvalue weighted by atomic mass is 16.2. The van der Waals surface area contributed by atoms with Gasteiger partial charge < -0.3 is 14.8 Å². The average Bonchev–Trinajstić information content (AvgIpc) is 3.31. The Morgan fingerprint density at radius 1 is 0.895 bits per heavy atom. The molecule has 1 saturated heterocycles. The van der Waals surface area contributed by atoms with Crippen molar-refractivity contribution in [2.24, 2.45) is 0 Å². The number of nitrogens with one attached hydrogen (secondary N) is 1. The van der Waals surface area contributed by atoms with Crippen molar-refractivity contribution in [3.8, 4) is 0 Å². The monoisotopic (exact) mass is 505 g/mol. The van der Waals surface area contributed by atoms with Gasteiger partial charge in [-0.1, -0.05) is 86.6 Å². The quantitative estimate of drug-likeness (QED) is 0.350. The molecule has 2 unspecified atom stereocenters. The normalized spacial score (nSPS) is 20.1. The maximum Gasteiger partial charge on any atom is 0.246 e. The first-order valence-corrected chi connectivity index (χ1v) is 13.8. The minimum absolute atomic E-state index is 0.0121. The number of benzene rings is 3. The molecule has 5 heteroatoms. The molecule has 3 heterocycles. The van der Waals surface area contributed by atoms with E-state index in [9.17, 15) is 9.59 Å². The maximum atomic E-state index is 14.1. The van der Waals surface area contributed by atoms with Crippen molar-refractivity contribution in [2.45, 2.75) is 64.1 Å². The van der Waals surface area contributed by atoms with Gasteiger partial charge in [0, 0.05) is 29.1 Å². The lowest BCUT2D eigenvalue weighted by atomic mass is 9.85. The van der Waals surface area contributed by atoms with Crippen molar-refractivity contribution in [1.29, 1.82) is 0 Å². The Bertz CT molecular complexity index is 1470. The summed E-state index contributed by atoms with van der Waals surface area (Å²) in [5, 5.41) is 1.14. The van der Waals surface area contributed by atoms with Crippen molar-refractivity contribution in [3.05, 3.63) is 107 Å². The molecular formula is C33H35N3O2. The minimum Gasteiger partial charge on any atom is -0.356 e. The second kappa shape index (κ2) is 9.79. The fourth-order valence-corrected chi connectivity index (χ4v) is 6.25. The van der Waals surface area contributed by atoms with Crippen molar-refractivity contribution >= 4 is 22.7 Å². The Balaban J connectivity index is 1.36. The second-order valence-corrected chi connectivity index (χ2v) is 11.1. The predicted molar refractivity (Wildman–Crippen MR) is 151 cm³/mol. The van der Waals surface area contributed by atoms with Crippen LogP contribution in [-0.2, 0) is 22.4 Å². The number of aromatic amines is 1. The number of fused-ring (bicyclic) bond motifs is 4. The van der Waals surface area contributed by atoms with Crippen molar-refractivity contribution in [3.63, 3.8) is 0 Å². The number of carbonyl (C=O) groups excluding carboxylic acids is 2. The number of H-pyrrole nitrogens is 1. The SMILES string of the molecule is CC(C)c1ccc(C2c3[nH]c4ccccc4c3C[C@H]3C(=O)N(C(C)CCc4ccccc4)CC(=O)N23)cc1. The molecule has 2 aliphatic rings. The van der Waals surface area contributed by atoms with Gasteiger partial charge in [0.1, 0.15) is 12.6 Å². The van der Waals surface area contributed by atoms with Gasteiger partial charge in [-0.3, -0.25) is 9.59 Å². The minimum atomic E-state index is -0.503. The zero-order valence-electron chi connectivity index (χ0n) is 22.4. The summed E-state index contributed by atoms with van der Waals surface area (Å²) in [7, 11) is 0. The number of piperazine rings is 1. The van der Waals surface area contributed by atoms with Crippen LogP contribution in [0.25, 0.3) is 10.9 Å². The van der Waals surface area contributed by atoms with Crippen LogP contribution in [0.5, 0.6) is 0 Å². The van der Waals surface area contributed by atoms with Gasteiger partial charge in [0.05, 0.1) is 6.04 Å². The molecule has 2 aliphatic heterocycles. The van der Waals surface area contributed by atoms with Crippen LogP contribution in [0.15, 0.2) is 78.9 Å². The molecule has 38 heavy (non-hydrogen) atoms. The lowest BCUT2D eigenvalue weighted by Crippen LogP contribution is -2.64. The summed E-state index contributed by atoms with van der Waals surface area (Å²) in [5.74, 6) is 0.504. The zero-order chi connectivity index (χ0) is 26.4. The number of hydrogen-bond acceptors (Lipinski definition) is 2. The lowest BCUT2D eigenvalue weighted by Gasteiger charge is -2.48. The van der Waals surface area contributed by atoms with E-state index in [1.54, 1.807) is 0 Å². The number of aromatic nitrogens is 1. The van der Waals surface area contributed by atoms with Crippen LogP contribution < -0.4 is 0 Å². The molecule has 194 valence electrons. The van der Waals surface area contributed by atoms with Gasteiger partial charge in [-0.05, 0) is 54.0 Å². The summed E-state index contributed by atoms with van der Waals surface area (Å²) in [5.41, 5.74) is 6.79. The van der Waals surface area contributed by atoms with Crippen LogP contribution in [0, 0.1) is 0 Å². The molecule has 1 N–H and O–H groups in total. The molecule has 3 aromatic carbocycles. The van der Waals surface area contributed by atoms with E-state index < -0.39 is 6.04 Å².